The van der Waals surface area contributed by atoms with Gasteiger partial charge in [0.05, 0.1) is 14.2 Å². The Balaban J connectivity index is 2.13. The van der Waals surface area contributed by atoms with E-state index in [0.717, 1.165) is 23.0 Å². The second-order valence-electron chi connectivity index (χ2n) is 5.72. The first-order valence-corrected chi connectivity index (χ1v) is 7.35. The van der Waals surface area contributed by atoms with Crippen molar-refractivity contribution in [3.63, 3.8) is 0 Å². The van der Waals surface area contributed by atoms with Crippen LogP contribution in [0.1, 0.15) is 37.8 Å². The summed E-state index contributed by atoms with van der Waals surface area (Å²) >= 11 is 0. The molecule has 1 aromatic carbocycles. The molecule has 2 rings (SSSR count). The molecule has 3 unspecified atom stereocenters. The number of methoxy groups -OCH3 is 2. The van der Waals surface area contributed by atoms with Gasteiger partial charge in [-0.2, -0.15) is 0 Å². The fourth-order valence-corrected chi connectivity index (χ4v) is 2.97. The lowest BCUT2D eigenvalue weighted by molar-refractivity contribution is 0.388. The molecule has 1 fully saturated rings. The lowest BCUT2D eigenvalue weighted by atomic mass is 10.0. The van der Waals surface area contributed by atoms with E-state index in [0.29, 0.717) is 12.6 Å². The maximum atomic E-state index is 5.96. The molecule has 4 nitrogen and oxygen atoms in total. The van der Waals surface area contributed by atoms with E-state index < -0.39 is 0 Å². The van der Waals surface area contributed by atoms with E-state index in [1.165, 1.54) is 19.3 Å². The second kappa shape index (κ2) is 6.95. The largest absolute Gasteiger partial charge is 0.497 e. The first kappa shape index (κ1) is 15.1. The fourth-order valence-electron chi connectivity index (χ4n) is 2.97. The summed E-state index contributed by atoms with van der Waals surface area (Å²) in [6.45, 7) is 2.88. The van der Waals surface area contributed by atoms with Gasteiger partial charge in [-0.05, 0) is 42.9 Å². The Hall–Kier alpha value is -1.26. The molecule has 20 heavy (non-hydrogen) atoms. The molecule has 3 N–H and O–H groups in total. The summed E-state index contributed by atoms with van der Waals surface area (Å²) in [6, 6.07) is 6.66. The molecule has 0 aliphatic heterocycles. The van der Waals surface area contributed by atoms with Crippen molar-refractivity contribution in [1.82, 2.24) is 5.32 Å². The highest BCUT2D eigenvalue weighted by atomic mass is 16.5. The molecule has 0 spiro atoms. The van der Waals surface area contributed by atoms with Gasteiger partial charge in [-0.1, -0.05) is 6.92 Å². The summed E-state index contributed by atoms with van der Waals surface area (Å²) in [5.74, 6) is 2.42. The second-order valence-corrected chi connectivity index (χ2v) is 5.72. The monoisotopic (exact) mass is 278 g/mol. The zero-order valence-corrected chi connectivity index (χ0v) is 12.7. The van der Waals surface area contributed by atoms with E-state index in [-0.39, 0.29) is 6.04 Å². The van der Waals surface area contributed by atoms with Gasteiger partial charge in [0.25, 0.3) is 0 Å². The van der Waals surface area contributed by atoms with Crippen LogP contribution in [-0.4, -0.2) is 26.8 Å². The van der Waals surface area contributed by atoms with E-state index in [1.807, 2.05) is 18.2 Å². The standard InChI is InChI=1S/C16H26N2O2/c1-11-4-5-13(6-11)18-16(10-17)12-7-14(19-2)9-15(8-12)20-3/h7-9,11,13,16,18H,4-6,10,17H2,1-3H3. The van der Waals surface area contributed by atoms with Crippen molar-refractivity contribution < 1.29 is 9.47 Å². The number of nitrogens with one attached hydrogen (secondary N) is 1. The normalized spacial score (nSPS) is 23.6. The van der Waals surface area contributed by atoms with Gasteiger partial charge in [0.2, 0.25) is 0 Å². The Morgan fingerprint density at radius 2 is 1.85 bits per heavy atom. The summed E-state index contributed by atoms with van der Waals surface area (Å²) in [5.41, 5.74) is 7.08. The molecular weight excluding hydrogens is 252 g/mol. The van der Waals surface area contributed by atoms with Crippen LogP contribution in [-0.2, 0) is 0 Å². The van der Waals surface area contributed by atoms with Crippen LogP contribution in [0.15, 0.2) is 18.2 Å². The third-order valence-electron chi connectivity index (χ3n) is 4.14. The number of nitrogens with two attached hydrogens (primary N) is 1. The first-order chi connectivity index (χ1) is 9.66. The molecule has 0 saturated heterocycles. The van der Waals surface area contributed by atoms with Crippen molar-refractivity contribution in [2.75, 3.05) is 20.8 Å². The van der Waals surface area contributed by atoms with Crippen LogP contribution in [0.2, 0.25) is 0 Å². The lowest BCUT2D eigenvalue weighted by Crippen LogP contribution is -2.35. The number of benzene rings is 1. The van der Waals surface area contributed by atoms with Crippen LogP contribution in [0.25, 0.3) is 0 Å². The van der Waals surface area contributed by atoms with Crippen LogP contribution in [0.4, 0.5) is 0 Å². The van der Waals surface area contributed by atoms with Gasteiger partial charge in [0, 0.05) is 24.7 Å². The van der Waals surface area contributed by atoms with Gasteiger partial charge in [-0.25, -0.2) is 0 Å². The Labute approximate surface area is 121 Å². The van der Waals surface area contributed by atoms with E-state index >= 15 is 0 Å². The van der Waals surface area contributed by atoms with Crippen molar-refractivity contribution in [1.29, 1.82) is 0 Å². The van der Waals surface area contributed by atoms with Crippen LogP contribution in [0, 0.1) is 5.92 Å². The average Bonchev–Trinajstić information content (AvgIpc) is 2.89. The molecule has 1 saturated carbocycles. The van der Waals surface area contributed by atoms with Crippen molar-refractivity contribution in [2.45, 2.75) is 38.3 Å². The minimum atomic E-state index is 0.147. The molecule has 4 heteroatoms. The predicted molar refractivity (Wildman–Crippen MR) is 81.3 cm³/mol. The highest BCUT2D eigenvalue weighted by molar-refractivity contribution is 5.40. The third-order valence-corrected chi connectivity index (χ3v) is 4.14. The number of hydrogen-bond donors (Lipinski definition) is 2. The Kier molecular flexibility index (Phi) is 5.26. The number of hydrogen-bond acceptors (Lipinski definition) is 4. The molecule has 0 aromatic heterocycles. The van der Waals surface area contributed by atoms with Gasteiger partial charge >= 0.3 is 0 Å². The quantitative estimate of drug-likeness (QED) is 0.839. The SMILES string of the molecule is COc1cc(OC)cc(C(CN)NC2CCC(C)C2)c1. The van der Waals surface area contributed by atoms with E-state index in [1.54, 1.807) is 14.2 Å². The Bertz CT molecular complexity index is 414. The summed E-state index contributed by atoms with van der Waals surface area (Å²) in [7, 11) is 3.34. The van der Waals surface area contributed by atoms with Crippen molar-refractivity contribution in [2.24, 2.45) is 11.7 Å². The molecule has 112 valence electrons. The smallest absolute Gasteiger partial charge is 0.122 e. The first-order valence-electron chi connectivity index (χ1n) is 7.35. The Morgan fingerprint density at radius 1 is 1.20 bits per heavy atom. The molecule has 1 aliphatic rings. The Morgan fingerprint density at radius 3 is 2.30 bits per heavy atom. The van der Waals surface area contributed by atoms with Gasteiger partial charge in [-0.3, -0.25) is 0 Å². The van der Waals surface area contributed by atoms with Gasteiger partial charge in [0.1, 0.15) is 11.5 Å². The van der Waals surface area contributed by atoms with E-state index in [2.05, 4.69) is 12.2 Å². The number of rotatable bonds is 6. The summed E-state index contributed by atoms with van der Waals surface area (Å²) in [4.78, 5) is 0. The number of ether oxygens (including phenoxy) is 2. The van der Waals surface area contributed by atoms with Gasteiger partial charge in [0.15, 0.2) is 0 Å². The maximum Gasteiger partial charge on any atom is 0.122 e. The van der Waals surface area contributed by atoms with Crippen molar-refractivity contribution >= 4 is 0 Å². The molecule has 1 aliphatic carbocycles. The predicted octanol–water partition coefficient (Wildman–Crippen LogP) is 2.48. The van der Waals surface area contributed by atoms with Gasteiger partial charge < -0.3 is 20.5 Å². The lowest BCUT2D eigenvalue weighted by Gasteiger charge is -2.23. The molecule has 0 heterocycles. The minimum Gasteiger partial charge on any atom is -0.497 e. The highest BCUT2D eigenvalue weighted by Gasteiger charge is 2.24. The van der Waals surface area contributed by atoms with Crippen molar-refractivity contribution in [3.05, 3.63) is 23.8 Å². The molecule has 0 amide bonds. The van der Waals surface area contributed by atoms with Crippen molar-refractivity contribution in [3.8, 4) is 11.5 Å². The topological polar surface area (TPSA) is 56.5 Å². The third kappa shape index (κ3) is 3.64. The highest BCUT2D eigenvalue weighted by Crippen LogP contribution is 2.29. The zero-order chi connectivity index (χ0) is 14.5. The van der Waals surface area contributed by atoms with Crippen LogP contribution in [0.5, 0.6) is 11.5 Å². The molecule has 0 radical (unpaired) electrons. The van der Waals surface area contributed by atoms with Crippen LogP contribution in [0.3, 0.4) is 0 Å². The van der Waals surface area contributed by atoms with E-state index in [9.17, 15) is 0 Å². The molecule has 1 aromatic rings. The zero-order valence-electron chi connectivity index (χ0n) is 12.7. The maximum absolute atomic E-state index is 5.96. The fraction of sp³-hybridized carbons (Fsp3) is 0.625. The molecule has 0 bridgehead atoms. The summed E-state index contributed by atoms with van der Waals surface area (Å²) < 4.78 is 10.7. The van der Waals surface area contributed by atoms with E-state index in [4.69, 9.17) is 15.2 Å². The van der Waals surface area contributed by atoms with Crippen LogP contribution >= 0.6 is 0 Å². The molecule has 3 atom stereocenters. The molecular formula is C16H26N2O2. The minimum absolute atomic E-state index is 0.147. The average molecular weight is 278 g/mol. The summed E-state index contributed by atoms with van der Waals surface area (Å²) in [5, 5.41) is 3.68. The van der Waals surface area contributed by atoms with Crippen LogP contribution < -0.4 is 20.5 Å². The summed E-state index contributed by atoms with van der Waals surface area (Å²) in [6.07, 6.45) is 3.77. The van der Waals surface area contributed by atoms with Gasteiger partial charge in [-0.15, -0.1) is 0 Å².